The van der Waals surface area contributed by atoms with E-state index >= 15 is 0 Å². The molecule has 0 fully saturated rings. The highest BCUT2D eigenvalue weighted by atomic mass is 35.5. The number of nitrogens with zero attached hydrogens (tertiary/aromatic N) is 4. The number of rotatable bonds is 6. The molecular weight excluding hydrogens is 366 g/mol. The lowest BCUT2D eigenvalue weighted by atomic mass is 9.90. The minimum atomic E-state index is -0.443. The summed E-state index contributed by atoms with van der Waals surface area (Å²) in [5, 5.41) is 15.7. The number of benzene rings is 1. The largest absolute Gasteiger partial charge is 0.434 e. The molecule has 3 aromatic rings. The van der Waals surface area contributed by atoms with Crippen molar-refractivity contribution in [1.29, 1.82) is 0 Å². The van der Waals surface area contributed by atoms with Gasteiger partial charge in [0.2, 0.25) is 0 Å². The fourth-order valence-electron chi connectivity index (χ4n) is 3.69. The summed E-state index contributed by atoms with van der Waals surface area (Å²) in [7, 11) is 0. The molecule has 0 saturated heterocycles. The maximum atomic E-state index is 10.9. The van der Waals surface area contributed by atoms with Gasteiger partial charge in [-0.15, -0.1) is 12.4 Å². The van der Waals surface area contributed by atoms with E-state index in [-0.39, 0.29) is 18.4 Å². The fraction of sp³-hybridized carbons (Fsp3) is 0.368. The predicted octanol–water partition coefficient (Wildman–Crippen LogP) is 3.82. The van der Waals surface area contributed by atoms with Crippen LogP contribution in [-0.2, 0) is 13.0 Å². The van der Waals surface area contributed by atoms with E-state index < -0.39 is 4.92 Å². The predicted molar refractivity (Wildman–Crippen MR) is 106 cm³/mol. The van der Waals surface area contributed by atoms with Gasteiger partial charge in [-0.25, -0.2) is 4.57 Å². The molecule has 2 heterocycles. The Bertz CT molecular complexity index is 943. The quantitative estimate of drug-likeness (QED) is 0.394. The maximum absolute atomic E-state index is 10.9. The third kappa shape index (κ3) is 4.09. The second-order valence-electron chi connectivity index (χ2n) is 6.65. The Hall–Kier alpha value is -2.51. The molecule has 2 aromatic heterocycles. The lowest BCUT2D eigenvalue weighted by Crippen LogP contribution is -2.27. The zero-order valence-corrected chi connectivity index (χ0v) is 15.7. The SMILES string of the molecule is Cl.O=[N+]([O-])c1nccn1CCCNC1CCCc2nc3ccccc3cc21. The standard InChI is InChI=1S/C19H21N5O2.ClH/c25-24(26)19-21-10-12-23(19)11-4-9-20-17-7-3-8-18-15(17)13-14-5-1-2-6-16(14)22-18;/h1-2,5-6,10,12-13,17,20H,3-4,7-9,11H2;1H. The van der Waals surface area contributed by atoms with Crippen LogP contribution in [0.25, 0.3) is 10.9 Å². The van der Waals surface area contributed by atoms with Crippen LogP contribution in [-0.4, -0.2) is 26.0 Å². The molecular formula is C19H22ClN5O2. The van der Waals surface area contributed by atoms with Crippen molar-refractivity contribution in [2.45, 2.75) is 38.3 Å². The number of aryl methyl sites for hydroxylation is 2. The number of aromatic nitrogens is 3. The maximum Gasteiger partial charge on any atom is 0.434 e. The van der Waals surface area contributed by atoms with Gasteiger partial charge in [0.15, 0.2) is 0 Å². The topological polar surface area (TPSA) is 85.9 Å². The molecule has 0 spiro atoms. The number of imidazole rings is 1. The Labute approximate surface area is 163 Å². The van der Waals surface area contributed by atoms with Crippen LogP contribution >= 0.6 is 12.4 Å². The molecule has 0 saturated carbocycles. The molecule has 1 N–H and O–H groups in total. The molecule has 1 aliphatic carbocycles. The molecule has 0 bridgehead atoms. The summed E-state index contributed by atoms with van der Waals surface area (Å²) in [5.41, 5.74) is 3.54. The van der Waals surface area contributed by atoms with Crippen LogP contribution in [0, 0.1) is 10.1 Å². The summed E-state index contributed by atoms with van der Waals surface area (Å²) in [4.78, 5) is 19.1. The lowest BCUT2D eigenvalue weighted by Gasteiger charge is -2.26. The van der Waals surface area contributed by atoms with E-state index in [0.717, 1.165) is 37.7 Å². The zero-order chi connectivity index (χ0) is 17.9. The van der Waals surface area contributed by atoms with Crippen LogP contribution in [0.4, 0.5) is 5.95 Å². The average molecular weight is 388 g/mol. The Morgan fingerprint density at radius 1 is 1.33 bits per heavy atom. The second kappa shape index (κ2) is 8.45. The lowest BCUT2D eigenvalue weighted by molar-refractivity contribution is -0.396. The van der Waals surface area contributed by atoms with E-state index in [1.807, 2.05) is 12.1 Å². The first-order chi connectivity index (χ1) is 12.7. The number of nitro groups is 1. The molecule has 1 aromatic carbocycles. The minimum Gasteiger partial charge on any atom is -0.390 e. The van der Waals surface area contributed by atoms with E-state index in [1.165, 1.54) is 22.8 Å². The van der Waals surface area contributed by atoms with Crippen molar-refractivity contribution in [1.82, 2.24) is 19.9 Å². The number of halogens is 1. The third-order valence-corrected chi connectivity index (χ3v) is 4.94. The van der Waals surface area contributed by atoms with Crippen LogP contribution in [0.1, 0.15) is 36.6 Å². The Morgan fingerprint density at radius 3 is 3.04 bits per heavy atom. The molecule has 8 heteroatoms. The summed E-state index contributed by atoms with van der Waals surface area (Å²) in [5.74, 6) is -0.0938. The van der Waals surface area contributed by atoms with Crippen molar-refractivity contribution in [2.75, 3.05) is 6.54 Å². The molecule has 4 rings (SSSR count). The molecule has 0 radical (unpaired) electrons. The summed E-state index contributed by atoms with van der Waals surface area (Å²) in [6, 6.07) is 10.8. The van der Waals surface area contributed by atoms with Gasteiger partial charge in [0.25, 0.3) is 0 Å². The van der Waals surface area contributed by atoms with Gasteiger partial charge in [-0.1, -0.05) is 23.2 Å². The molecule has 1 aliphatic rings. The van der Waals surface area contributed by atoms with Crippen molar-refractivity contribution in [3.05, 3.63) is 64.1 Å². The molecule has 0 amide bonds. The highest BCUT2D eigenvalue weighted by molar-refractivity contribution is 5.85. The Balaban J connectivity index is 0.00000210. The first-order valence-corrected chi connectivity index (χ1v) is 9.00. The van der Waals surface area contributed by atoms with E-state index in [2.05, 4.69) is 28.5 Å². The van der Waals surface area contributed by atoms with Crippen LogP contribution in [0.2, 0.25) is 0 Å². The van der Waals surface area contributed by atoms with Gasteiger partial charge < -0.3 is 15.4 Å². The zero-order valence-electron chi connectivity index (χ0n) is 14.9. The second-order valence-corrected chi connectivity index (χ2v) is 6.65. The Kier molecular flexibility index (Phi) is 6.03. The molecule has 0 aliphatic heterocycles. The fourth-order valence-corrected chi connectivity index (χ4v) is 3.69. The minimum absolute atomic E-state index is 0. The van der Waals surface area contributed by atoms with Gasteiger partial charge in [-0.2, -0.15) is 0 Å². The van der Waals surface area contributed by atoms with Gasteiger partial charge in [-0.05, 0) is 54.8 Å². The van der Waals surface area contributed by atoms with Crippen LogP contribution in [0.5, 0.6) is 0 Å². The monoisotopic (exact) mass is 387 g/mol. The highest BCUT2D eigenvalue weighted by Gasteiger charge is 2.21. The number of hydrogen-bond acceptors (Lipinski definition) is 5. The normalized spacial score (nSPS) is 15.9. The van der Waals surface area contributed by atoms with Gasteiger partial charge >= 0.3 is 5.95 Å². The summed E-state index contributed by atoms with van der Waals surface area (Å²) in [6.07, 6.45) is 7.19. The van der Waals surface area contributed by atoms with E-state index in [4.69, 9.17) is 4.98 Å². The van der Waals surface area contributed by atoms with E-state index in [0.29, 0.717) is 12.6 Å². The van der Waals surface area contributed by atoms with Gasteiger partial charge in [0.05, 0.1) is 12.1 Å². The average Bonchev–Trinajstić information content (AvgIpc) is 3.12. The van der Waals surface area contributed by atoms with E-state index in [9.17, 15) is 10.1 Å². The smallest absolute Gasteiger partial charge is 0.390 e. The number of nitrogens with one attached hydrogen (secondary N) is 1. The number of para-hydroxylation sites is 1. The molecule has 7 nitrogen and oxygen atoms in total. The molecule has 1 atom stereocenters. The van der Waals surface area contributed by atoms with Crippen LogP contribution in [0.15, 0.2) is 42.7 Å². The highest BCUT2D eigenvalue weighted by Crippen LogP contribution is 2.31. The first kappa shape index (κ1) is 19.3. The summed E-state index contributed by atoms with van der Waals surface area (Å²) < 4.78 is 1.59. The summed E-state index contributed by atoms with van der Waals surface area (Å²) >= 11 is 0. The Morgan fingerprint density at radius 2 is 2.19 bits per heavy atom. The van der Waals surface area contributed by atoms with Crippen molar-refractivity contribution in [3.8, 4) is 0 Å². The van der Waals surface area contributed by atoms with Crippen molar-refractivity contribution in [2.24, 2.45) is 0 Å². The number of hydrogen-bond donors (Lipinski definition) is 1. The van der Waals surface area contributed by atoms with Crippen LogP contribution < -0.4 is 5.32 Å². The van der Waals surface area contributed by atoms with Gasteiger partial charge in [-0.3, -0.25) is 4.98 Å². The van der Waals surface area contributed by atoms with E-state index in [1.54, 1.807) is 10.8 Å². The molecule has 1 unspecified atom stereocenters. The van der Waals surface area contributed by atoms with Crippen molar-refractivity contribution < 1.29 is 4.92 Å². The van der Waals surface area contributed by atoms with Crippen molar-refractivity contribution in [3.63, 3.8) is 0 Å². The number of pyridine rings is 1. The molecule has 142 valence electrons. The number of fused-ring (bicyclic) bond motifs is 2. The third-order valence-electron chi connectivity index (χ3n) is 4.94. The van der Waals surface area contributed by atoms with Gasteiger partial charge in [0.1, 0.15) is 12.4 Å². The summed E-state index contributed by atoms with van der Waals surface area (Å²) in [6.45, 7) is 1.38. The van der Waals surface area contributed by atoms with Crippen molar-refractivity contribution >= 4 is 29.3 Å². The first-order valence-electron chi connectivity index (χ1n) is 9.00. The van der Waals surface area contributed by atoms with Crippen LogP contribution in [0.3, 0.4) is 0 Å². The van der Waals surface area contributed by atoms with Gasteiger partial charge in [0, 0.05) is 17.1 Å². The molecule has 27 heavy (non-hydrogen) atoms.